The molecule has 0 spiro atoms. The number of hydrogen-bond donors (Lipinski definition) is 2. The van der Waals surface area contributed by atoms with Gasteiger partial charge in [0.05, 0.1) is 17.5 Å². The van der Waals surface area contributed by atoms with Gasteiger partial charge in [0.1, 0.15) is 0 Å². The fraction of sp³-hybridized carbons (Fsp3) is 0.636. The van der Waals surface area contributed by atoms with Gasteiger partial charge in [-0.2, -0.15) is 0 Å². The number of aromatic nitrogens is 1. The van der Waals surface area contributed by atoms with Crippen LogP contribution < -0.4 is 15.5 Å². The number of aliphatic imine (C=N–C) groups is 1. The first-order chi connectivity index (χ1) is 15.2. The number of halogens is 1. The van der Waals surface area contributed by atoms with Gasteiger partial charge in [-0.3, -0.25) is 19.5 Å². The van der Waals surface area contributed by atoms with Gasteiger partial charge in [-0.25, -0.2) is 4.98 Å². The van der Waals surface area contributed by atoms with Gasteiger partial charge in [-0.1, -0.05) is 12.2 Å². The van der Waals surface area contributed by atoms with E-state index in [-0.39, 0.29) is 59.5 Å². The molecule has 1 saturated carbocycles. The minimum absolute atomic E-state index is 0. The topological polar surface area (TPSA) is 89.9 Å². The second-order valence-corrected chi connectivity index (χ2v) is 9.66. The number of carbonyl (C=O) groups is 2. The van der Waals surface area contributed by atoms with Crippen LogP contribution in [0.15, 0.2) is 22.5 Å². The molecule has 3 heterocycles. The summed E-state index contributed by atoms with van der Waals surface area (Å²) in [6.45, 7) is 3.83. The van der Waals surface area contributed by atoms with Crippen molar-refractivity contribution >= 4 is 58.2 Å². The third-order valence-electron chi connectivity index (χ3n) is 7.00. The number of likely N-dealkylation sites (tertiary alicyclic amines) is 1. The lowest BCUT2D eigenvalue weighted by Gasteiger charge is -2.18. The molecule has 10 heteroatoms. The van der Waals surface area contributed by atoms with E-state index >= 15 is 0 Å². The molecule has 5 rings (SSSR count). The van der Waals surface area contributed by atoms with E-state index in [9.17, 15) is 9.59 Å². The molecule has 4 unspecified atom stereocenters. The standard InChI is InChI=1S/C22H30N6O2S.HI/c1-23-21(24-7-6-16-13-31-22(26-16)27-9-2-3-10-27)25-8-11-28-19(29)17-14-4-5-15(12-14)18(17)20(28)30;/h4-5,13-15,17-18H,2-3,6-12H2,1H3,(H2,23,24,25);1H. The van der Waals surface area contributed by atoms with Crippen LogP contribution in [0.4, 0.5) is 5.13 Å². The molecular weight excluding hydrogens is 539 g/mol. The van der Waals surface area contributed by atoms with E-state index in [4.69, 9.17) is 4.98 Å². The Kier molecular flexibility index (Phi) is 7.38. The van der Waals surface area contributed by atoms with Crippen LogP contribution in [0.25, 0.3) is 0 Å². The average molecular weight is 571 g/mol. The number of nitrogens with zero attached hydrogens (tertiary/aromatic N) is 4. The van der Waals surface area contributed by atoms with Crippen LogP contribution in [0, 0.1) is 23.7 Å². The molecule has 0 aromatic carbocycles. The lowest BCUT2D eigenvalue weighted by atomic mass is 9.85. The minimum Gasteiger partial charge on any atom is -0.356 e. The van der Waals surface area contributed by atoms with Gasteiger partial charge >= 0.3 is 0 Å². The summed E-state index contributed by atoms with van der Waals surface area (Å²) in [4.78, 5) is 38.3. The molecule has 2 aliphatic carbocycles. The maximum Gasteiger partial charge on any atom is 0.233 e. The number of thiazole rings is 1. The Bertz CT molecular complexity index is 882. The van der Waals surface area contributed by atoms with Gasteiger partial charge in [0.25, 0.3) is 0 Å². The Hall–Kier alpha value is -1.69. The van der Waals surface area contributed by atoms with Crippen LogP contribution in [0.2, 0.25) is 0 Å². The number of rotatable bonds is 7. The second-order valence-electron chi connectivity index (χ2n) is 8.82. The zero-order valence-corrected chi connectivity index (χ0v) is 21.5. The Morgan fingerprint density at radius 1 is 1.12 bits per heavy atom. The van der Waals surface area contributed by atoms with E-state index in [1.54, 1.807) is 18.4 Å². The van der Waals surface area contributed by atoms with Crippen LogP contribution >= 0.6 is 35.3 Å². The highest BCUT2D eigenvalue weighted by atomic mass is 127. The van der Waals surface area contributed by atoms with Gasteiger partial charge in [0.15, 0.2) is 11.1 Å². The second kappa shape index (κ2) is 10.1. The summed E-state index contributed by atoms with van der Waals surface area (Å²) in [6, 6.07) is 0. The van der Waals surface area contributed by atoms with Crippen molar-refractivity contribution in [1.82, 2.24) is 20.5 Å². The zero-order valence-electron chi connectivity index (χ0n) is 18.3. The minimum atomic E-state index is -0.122. The highest BCUT2D eigenvalue weighted by Crippen LogP contribution is 2.52. The van der Waals surface area contributed by atoms with E-state index in [1.165, 1.54) is 17.7 Å². The van der Waals surface area contributed by atoms with Crippen molar-refractivity contribution in [2.45, 2.75) is 25.7 Å². The predicted octanol–water partition coefficient (Wildman–Crippen LogP) is 1.88. The molecule has 0 radical (unpaired) electrons. The van der Waals surface area contributed by atoms with Crippen molar-refractivity contribution < 1.29 is 9.59 Å². The highest BCUT2D eigenvalue weighted by molar-refractivity contribution is 14.0. The quantitative estimate of drug-likeness (QED) is 0.171. The molecule has 2 aliphatic heterocycles. The van der Waals surface area contributed by atoms with E-state index in [0.717, 1.165) is 43.3 Å². The summed E-state index contributed by atoms with van der Waals surface area (Å²) < 4.78 is 0. The van der Waals surface area contributed by atoms with Gasteiger partial charge in [0, 0.05) is 51.6 Å². The number of guanidine groups is 1. The predicted molar refractivity (Wildman–Crippen MR) is 136 cm³/mol. The molecule has 8 nitrogen and oxygen atoms in total. The molecule has 1 aromatic rings. The molecule has 2 N–H and O–H groups in total. The van der Waals surface area contributed by atoms with Gasteiger partial charge in [0.2, 0.25) is 11.8 Å². The summed E-state index contributed by atoms with van der Waals surface area (Å²) in [7, 11) is 1.73. The van der Waals surface area contributed by atoms with Crippen molar-refractivity contribution in [1.29, 1.82) is 0 Å². The molecule has 1 aromatic heterocycles. The largest absolute Gasteiger partial charge is 0.356 e. The lowest BCUT2D eigenvalue weighted by Crippen LogP contribution is -2.44. The van der Waals surface area contributed by atoms with Gasteiger partial charge in [-0.15, -0.1) is 35.3 Å². The van der Waals surface area contributed by atoms with Crippen LogP contribution in [0.1, 0.15) is 25.0 Å². The first-order valence-corrected chi connectivity index (χ1v) is 12.2. The number of anilines is 1. The molecule has 2 saturated heterocycles. The van der Waals surface area contributed by atoms with Crippen molar-refractivity contribution in [2.75, 3.05) is 44.7 Å². The Labute approximate surface area is 209 Å². The first kappa shape index (κ1) is 23.5. The SMILES string of the molecule is CN=C(NCCc1csc(N2CCCC2)n1)NCCN1C(=O)C2C3C=CC(C3)C2C1=O.I. The average Bonchev–Trinajstić information content (AvgIpc) is 3.59. The molecule has 32 heavy (non-hydrogen) atoms. The Morgan fingerprint density at radius 2 is 1.78 bits per heavy atom. The normalized spacial score (nSPS) is 28.5. The summed E-state index contributed by atoms with van der Waals surface area (Å²) in [5.74, 6) is 0.969. The van der Waals surface area contributed by atoms with Crippen LogP contribution in [-0.4, -0.2) is 67.4 Å². The number of imide groups is 1. The molecular formula is C22H31IN6O2S. The molecule has 2 amide bonds. The van der Waals surface area contributed by atoms with E-state index in [1.807, 2.05) is 0 Å². The van der Waals surface area contributed by atoms with Crippen molar-refractivity contribution in [3.8, 4) is 0 Å². The molecule has 174 valence electrons. The fourth-order valence-corrected chi connectivity index (χ4v) is 6.38. The third kappa shape index (κ3) is 4.40. The van der Waals surface area contributed by atoms with Crippen LogP contribution in [-0.2, 0) is 16.0 Å². The van der Waals surface area contributed by atoms with Gasteiger partial charge in [-0.05, 0) is 31.1 Å². The van der Waals surface area contributed by atoms with Gasteiger partial charge < -0.3 is 15.5 Å². The molecule has 3 fully saturated rings. The number of amides is 2. The van der Waals surface area contributed by atoms with E-state index in [0.29, 0.717) is 19.0 Å². The van der Waals surface area contributed by atoms with Crippen molar-refractivity contribution in [2.24, 2.45) is 28.7 Å². The third-order valence-corrected chi connectivity index (χ3v) is 7.95. The number of allylic oxidation sites excluding steroid dienone is 2. The molecule has 4 aliphatic rings. The number of fused-ring (bicyclic) bond motifs is 5. The molecule has 4 atom stereocenters. The maximum absolute atomic E-state index is 12.7. The smallest absolute Gasteiger partial charge is 0.233 e. The zero-order chi connectivity index (χ0) is 21.4. The number of hydrogen-bond acceptors (Lipinski definition) is 6. The highest BCUT2D eigenvalue weighted by Gasteiger charge is 2.58. The van der Waals surface area contributed by atoms with Crippen molar-refractivity contribution in [3.63, 3.8) is 0 Å². The fourth-order valence-electron chi connectivity index (χ4n) is 5.46. The number of nitrogens with one attached hydrogen (secondary N) is 2. The Balaban J connectivity index is 0.00000245. The summed E-state index contributed by atoms with van der Waals surface area (Å²) in [5, 5.41) is 9.79. The number of carbonyl (C=O) groups excluding carboxylic acids is 2. The van der Waals surface area contributed by atoms with Crippen LogP contribution in [0.5, 0.6) is 0 Å². The van der Waals surface area contributed by atoms with Crippen molar-refractivity contribution in [3.05, 3.63) is 23.2 Å². The van der Waals surface area contributed by atoms with E-state index < -0.39 is 0 Å². The summed E-state index contributed by atoms with van der Waals surface area (Å²) in [5.41, 5.74) is 1.10. The summed E-state index contributed by atoms with van der Waals surface area (Å²) >= 11 is 1.72. The monoisotopic (exact) mass is 570 g/mol. The van der Waals surface area contributed by atoms with E-state index in [2.05, 4.69) is 38.1 Å². The summed E-state index contributed by atoms with van der Waals surface area (Å²) in [6.07, 6.45) is 8.56. The molecule has 2 bridgehead atoms. The van der Waals surface area contributed by atoms with Crippen LogP contribution in [0.3, 0.4) is 0 Å². The first-order valence-electron chi connectivity index (χ1n) is 11.3. The maximum atomic E-state index is 12.7. The lowest BCUT2D eigenvalue weighted by molar-refractivity contribution is -0.140. The Morgan fingerprint density at radius 3 is 2.44 bits per heavy atom.